The van der Waals surface area contributed by atoms with E-state index in [1.165, 1.54) is 5.56 Å². The number of ketones is 1. The lowest BCUT2D eigenvalue weighted by atomic mass is 9.89. The number of carbonyl (C=O) groups is 1. The lowest BCUT2D eigenvalue weighted by Crippen LogP contribution is -2.48. The second-order valence-corrected chi connectivity index (χ2v) is 5.17. The van der Waals surface area contributed by atoms with Crippen LogP contribution in [0.15, 0.2) is 18.3 Å². The minimum absolute atomic E-state index is 0.108. The first-order valence-electron chi connectivity index (χ1n) is 6.30. The van der Waals surface area contributed by atoms with Crippen molar-refractivity contribution in [3.63, 3.8) is 0 Å². The van der Waals surface area contributed by atoms with Crippen LogP contribution in [0.2, 0.25) is 0 Å². The first kappa shape index (κ1) is 12.2. The molecule has 0 aliphatic heterocycles. The Labute approximate surface area is 102 Å². The first-order valence-corrected chi connectivity index (χ1v) is 6.30. The predicted molar refractivity (Wildman–Crippen MR) is 67.6 cm³/mol. The molecule has 0 saturated heterocycles. The maximum Gasteiger partial charge on any atom is 0.158 e. The van der Waals surface area contributed by atoms with E-state index in [0.29, 0.717) is 12.3 Å². The van der Waals surface area contributed by atoms with Gasteiger partial charge < -0.3 is 5.73 Å². The Kier molecular flexibility index (Phi) is 3.29. The van der Waals surface area contributed by atoms with E-state index < -0.39 is 5.54 Å². The van der Waals surface area contributed by atoms with Crippen molar-refractivity contribution in [3.8, 4) is 0 Å². The summed E-state index contributed by atoms with van der Waals surface area (Å²) in [5, 5.41) is 0. The van der Waals surface area contributed by atoms with Gasteiger partial charge in [0.2, 0.25) is 0 Å². The van der Waals surface area contributed by atoms with Crippen LogP contribution < -0.4 is 5.73 Å². The molecule has 1 unspecified atom stereocenters. The Morgan fingerprint density at radius 2 is 2.24 bits per heavy atom. The van der Waals surface area contributed by atoms with E-state index in [-0.39, 0.29) is 5.78 Å². The Hall–Kier alpha value is -1.22. The van der Waals surface area contributed by atoms with Gasteiger partial charge in [0.1, 0.15) is 0 Å². The molecule has 3 heteroatoms. The first-order chi connectivity index (χ1) is 8.04. The largest absolute Gasteiger partial charge is 0.319 e. The highest BCUT2D eigenvalue weighted by molar-refractivity contribution is 5.90. The zero-order valence-corrected chi connectivity index (χ0v) is 10.6. The minimum Gasteiger partial charge on any atom is -0.319 e. The average Bonchev–Trinajstić information content (AvgIpc) is 3.14. The van der Waals surface area contributed by atoms with Crippen LogP contribution in [0.4, 0.5) is 0 Å². The highest BCUT2D eigenvalue weighted by atomic mass is 16.1. The smallest absolute Gasteiger partial charge is 0.158 e. The number of aryl methyl sites for hydroxylation is 1. The molecule has 1 atom stereocenters. The molecule has 1 aliphatic carbocycles. The number of nitrogens with two attached hydrogens (primary N) is 1. The van der Waals surface area contributed by atoms with Crippen LogP contribution in [-0.4, -0.2) is 16.3 Å². The number of hydrogen-bond donors (Lipinski definition) is 1. The summed E-state index contributed by atoms with van der Waals surface area (Å²) in [5.41, 5.74) is 7.45. The number of rotatable bonds is 5. The lowest BCUT2D eigenvalue weighted by molar-refractivity contribution is -0.123. The van der Waals surface area contributed by atoms with Crippen molar-refractivity contribution in [1.29, 1.82) is 0 Å². The van der Waals surface area contributed by atoms with Crippen molar-refractivity contribution < 1.29 is 4.79 Å². The van der Waals surface area contributed by atoms with Crippen molar-refractivity contribution in [1.82, 2.24) is 4.98 Å². The van der Waals surface area contributed by atoms with Gasteiger partial charge in [0.25, 0.3) is 0 Å². The second-order valence-electron chi connectivity index (χ2n) is 5.17. The van der Waals surface area contributed by atoms with Crippen LogP contribution in [0.5, 0.6) is 0 Å². The van der Waals surface area contributed by atoms with Crippen LogP contribution in [0.1, 0.15) is 37.9 Å². The molecule has 0 amide bonds. The van der Waals surface area contributed by atoms with Gasteiger partial charge in [-0.3, -0.25) is 9.78 Å². The van der Waals surface area contributed by atoms with Crippen molar-refractivity contribution >= 4 is 5.78 Å². The molecule has 17 heavy (non-hydrogen) atoms. The van der Waals surface area contributed by atoms with Gasteiger partial charge in [0.15, 0.2) is 5.78 Å². The Morgan fingerprint density at radius 3 is 2.71 bits per heavy atom. The van der Waals surface area contributed by atoms with Crippen molar-refractivity contribution in [2.24, 2.45) is 11.7 Å². The van der Waals surface area contributed by atoms with Gasteiger partial charge in [-0.1, -0.05) is 13.0 Å². The highest BCUT2D eigenvalue weighted by Crippen LogP contribution is 2.38. The van der Waals surface area contributed by atoms with E-state index in [9.17, 15) is 4.79 Å². The molecular weight excluding hydrogens is 212 g/mol. The minimum atomic E-state index is -0.662. The number of hydrogen-bond acceptors (Lipinski definition) is 3. The predicted octanol–water partition coefficient (Wildman–Crippen LogP) is 1.88. The Balaban J connectivity index is 2.02. The lowest BCUT2D eigenvalue weighted by Gasteiger charge is -2.22. The number of aromatic nitrogens is 1. The molecule has 1 aliphatic rings. The van der Waals surface area contributed by atoms with Gasteiger partial charge in [-0.2, -0.15) is 0 Å². The number of pyridine rings is 1. The molecule has 1 saturated carbocycles. The van der Waals surface area contributed by atoms with E-state index in [1.807, 2.05) is 25.3 Å². The summed E-state index contributed by atoms with van der Waals surface area (Å²) in [6.45, 7) is 3.94. The molecule has 1 aromatic rings. The number of nitrogens with zero attached hydrogens (tertiary/aromatic N) is 1. The summed E-state index contributed by atoms with van der Waals surface area (Å²) in [6, 6.07) is 3.96. The molecule has 0 bridgehead atoms. The fraction of sp³-hybridized carbons (Fsp3) is 0.571. The molecule has 0 radical (unpaired) electrons. The van der Waals surface area contributed by atoms with E-state index in [2.05, 4.69) is 11.9 Å². The third-order valence-corrected chi connectivity index (χ3v) is 3.66. The SMILES string of the molecule is CCc1ccc(CC(=O)C(C)(N)C2CC2)nc1. The summed E-state index contributed by atoms with van der Waals surface area (Å²) in [5.74, 6) is 0.488. The molecule has 1 fully saturated rings. The molecule has 2 rings (SSSR count). The standard InChI is InChI=1S/C14H20N2O/c1-3-10-4-7-12(16-9-10)8-13(17)14(2,15)11-5-6-11/h4,7,9,11H,3,5-6,8,15H2,1-2H3. The van der Waals surface area contributed by atoms with E-state index in [1.54, 1.807) is 0 Å². The summed E-state index contributed by atoms with van der Waals surface area (Å²) in [7, 11) is 0. The third-order valence-electron chi connectivity index (χ3n) is 3.66. The summed E-state index contributed by atoms with van der Waals surface area (Å²) in [4.78, 5) is 16.4. The van der Waals surface area contributed by atoms with Crippen molar-refractivity contribution in [3.05, 3.63) is 29.6 Å². The van der Waals surface area contributed by atoms with E-state index in [4.69, 9.17) is 5.73 Å². The molecule has 1 heterocycles. The van der Waals surface area contributed by atoms with Gasteiger partial charge in [-0.25, -0.2) is 0 Å². The van der Waals surface area contributed by atoms with Gasteiger partial charge in [0.05, 0.1) is 12.0 Å². The van der Waals surface area contributed by atoms with Gasteiger partial charge in [-0.15, -0.1) is 0 Å². The van der Waals surface area contributed by atoms with Crippen LogP contribution in [0, 0.1) is 5.92 Å². The van der Waals surface area contributed by atoms with Gasteiger partial charge in [-0.05, 0) is 43.7 Å². The van der Waals surface area contributed by atoms with Crippen LogP contribution in [-0.2, 0) is 17.6 Å². The van der Waals surface area contributed by atoms with Crippen LogP contribution in [0.25, 0.3) is 0 Å². The highest BCUT2D eigenvalue weighted by Gasteiger charge is 2.43. The Morgan fingerprint density at radius 1 is 1.53 bits per heavy atom. The maximum absolute atomic E-state index is 12.1. The zero-order valence-electron chi connectivity index (χ0n) is 10.6. The molecule has 3 nitrogen and oxygen atoms in total. The number of Topliss-reactive ketones (excluding diaryl/α,β-unsaturated/α-hetero) is 1. The molecule has 1 aromatic heterocycles. The fourth-order valence-corrected chi connectivity index (χ4v) is 2.03. The summed E-state index contributed by atoms with van der Waals surface area (Å²) < 4.78 is 0. The number of carbonyl (C=O) groups excluding carboxylic acids is 1. The van der Waals surface area contributed by atoms with Crippen molar-refractivity contribution in [2.75, 3.05) is 0 Å². The second kappa shape index (κ2) is 4.57. The quantitative estimate of drug-likeness (QED) is 0.843. The van der Waals surface area contributed by atoms with Gasteiger partial charge in [0, 0.05) is 11.9 Å². The maximum atomic E-state index is 12.1. The summed E-state index contributed by atoms with van der Waals surface area (Å²) >= 11 is 0. The van der Waals surface area contributed by atoms with Crippen LogP contribution >= 0.6 is 0 Å². The van der Waals surface area contributed by atoms with Gasteiger partial charge >= 0.3 is 0 Å². The third kappa shape index (κ3) is 2.72. The molecule has 92 valence electrons. The normalized spacial score (nSPS) is 18.8. The molecule has 0 aromatic carbocycles. The topological polar surface area (TPSA) is 56.0 Å². The zero-order chi connectivity index (χ0) is 12.5. The molecule has 0 spiro atoms. The van der Waals surface area contributed by atoms with E-state index >= 15 is 0 Å². The molecule has 2 N–H and O–H groups in total. The summed E-state index contributed by atoms with van der Waals surface area (Å²) in [6.07, 6.45) is 5.33. The van der Waals surface area contributed by atoms with E-state index in [0.717, 1.165) is 25.0 Å². The molecular formula is C14H20N2O. The average molecular weight is 232 g/mol. The monoisotopic (exact) mass is 232 g/mol. The fourth-order valence-electron chi connectivity index (χ4n) is 2.03. The van der Waals surface area contributed by atoms with Crippen molar-refractivity contribution in [2.45, 2.75) is 45.1 Å². The Bertz CT molecular complexity index is 405. The van der Waals surface area contributed by atoms with Crippen LogP contribution in [0.3, 0.4) is 0 Å².